The van der Waals surface area contributed by atoms with E-state index in [1.165, 1.54) is 6.08 Å². The molecule has 0 aliphatic heterocycles. The van der Waals surface area contributed by atoms with Crippen LogP contribution in [0.5, 0.6) is 0 Å². The molecule has 0 spiro atoms. The lowest BCUT2D eigenvalue weighted by Crippen LogP contribution is -1.82. The topological polar surface area (TPSA) is 28.7 Å². The Morgan fingerprint density at radius 2 is 2.27 bits per heavy atom. The summed E-state index contributed by atoms with van der Waals surface area (Å²) in [5.41, 5.74) is 2.12. The van der Waals surface area contributed by atoms with Gasteiger partial charge in [0, 0.05) is 40.8 Å². The number of nitriles is 1. The molecule has 15 heavy (non-hydrogen) atoms. The number of aryl methyl sites for hydroxylation is 1. The number of hydrogen-bond donors (Lipinski definition) is 0. The largest absolute Gasteiger partial charge is 0.350 e. The lowest BCUT2D eigenvalue weighted by molar-refractivity contribution is 0.968. The molecule has 0 fully saturated rings. The molecule has 0 saturated heterocycles. The SMILES string of the molecule is Cn1cc(/C=C/C#N)c2cc(Cl)ccc21. The van der Waals surface area contributed by atoms with Crippen LogP contribution < -0.4 is 0 Å². The van der Waals surface area contributed by atoms with Crippen LogP contribution in [0.25, 0.3) is 17.0 Å². The van der Waals surface area contributed by atoms with Crippen molar-refractivity contribution in [2.24, 2.45) is 7.05 Å². The average molecular weight is 217 g/mol. The molecule has 2 rings (SSSR count). The number of aromatic nitrogens is 1. The van der Waals surface area contributed by atoms with E-state index in [4.69, 9.17) is 16.9 Å². The van der Waals surface area contributed by atoms with Crippen LogP contribution in [0.3, 0.4) is 0 Å². The number of allylic oxidation sites excluding steroid dienone is 1. The van der Waals surface area contributed by atoms with Crippen LogP contribution in [0.2, 0.25) is 5.02 Å². The number of nitrogens with zero attached hydrogens (tertiary/aromatic N) is 2. The van der Waals surface area contributed by atoms with Gasteiger partial charge < -0.3 is 4.57 Å². The second-order valence-corrected chi connectivity index (χ2v) is 3.76. The van der Waals surface area contributed by atoms with Gasteiger partial charge in [0.05, 0.1) is 6.07 Å². The van der Waals surface area contributed by atoms with Crippen LogP contribution >= 0.6 is 11.6 Å². The fraction of sp³-hybridized carbons (Fsp3) is 0.0833. The van der Waals surface area contributed by atoms with Gasteiger partial charge in [-0.3, -0.25) is 0 Å². The molecule has 0 N–H and O–H groups in total. The van der Waals surface area contributed by atoms with Crippen LogP contribution in [0.4, 0.5) is 0 Å². The highest BCUT2D eigenvalue weighted by Crippen LogP contribution is 2.25. The Kier molecular flexibility index (Phi) is 2.49. The molecule has 0 aliphatic carbocycles. The maximum Gasteiger partial charge on any atom is 0.0912 e. The van der Waals surface area contributed by atoms with Gasteiger partial charge in [0.1, 0.15) is 0 Å². The van der Waals surface area contributed by atoms with Gasteiger partial charge in [-0.25, -0.2) is 0 Å². The summed E-state index contributed by atoms with van der Waals surface area (Å²) in [7, 11) is 1.97. The molecule has 0 atom stereocenters. The Labute approximate surface area is 93.0 Å². The van der Waals surface area contributed by atoms with E-state index in [1.807, 2.05) is 42.1 Å². The van der Waals surface area contributed by atoms with Crippen molar-refractivity contribution in [3.8, 4) is 6.07 Å². The van der Waals surface area contributed by atoms with Crippen LogP contribution in [-0.4, -0.2) is 4.57 Å². The molecule has 1 heterocycles. The summed E-state index contributed by atoms with van der Waals surface area (Å²) in [6, 6.07) is 7.73. The van der Waals surface area contributed by atoms with E-state index in [0.717, 1.165) is 16.5 Å². The van der Waals surface area contributed by atoms with Crippen molar-refractivity contribution in [1.82, 2.24) is 4.57 Å². The summed E-state index contributed by atoms with van der Waals surface area (Å²) in [5.74, 6) is 0. The third-order valence-electron chi connectivity index (χ3n) is 2.32. The quantitative estimate of drug-likeness (QED) is 0.672. The zero-order valence-electron chi connectivity index (χ0n) is 8.24. The normalized spacial score (nSPS) is 11.0. The zero-order valence-corrected chi connectivity index (χ0v) is 8.99. The first-order chi connectivity index (χ1) is 7.22. The summed E-state index contributed by atoms with van der Waals surface area (Å²) < 4.78 is 2.02. The maximum atomic E-state index is 8.49. The summed E-state index contributed by atoms with van der Waals surface area (Å²) in [6.45, 7) is 0. The van der Waals surface area contributed by atoms with Crippen molar-refractivity contribution >= 4 is 28.6 Å². The smallest absolute Gasteiger partial charge is 0.0912 e. The van der Waals surface area contributed by atoms with Crippen LogP contribution in [0, 0.1) is 11.3 Å². The lowest BCUT2D eigenvalue weighted by atomic mass is 10.1. The Bertz CT molecular complexity index is 573. The summed E-state index contributed by atoms with van der Waals surface area (Å²) in [5, 5.41) is 10.3. The molecule has 3 heteroatoms. The van der Waals surface area contributed by atoms with Crippen molar-refractivity contribution in [1.29, 1.82) is 5.26 Å². The van der Waals surface area contributed by atoms with Gasteiger partial charge in [-0.05, 0) is 24.3 Å². The lowest BCUT2D eigenvalue weighted by Gasteiger charge is -1.95. The van der Waals surface area contributed by atoms with Crippen molar-refractivity contribution in [2.75, 3.05) is 0 Å². The van der Waals surface area contributed by atoms with Gasteiger partial charge in [0.15, 0.2) is 0 Å². The van der Waals surface area contributed by atoms with Gasteiger partial charge in [0.25, 0.3) is 0 Å². The standard InChI is InChI=1S/C12H9ClN2/c1-15-8-9(3-2-6-14)11-7-10(13)4-5-12(11)15/h2-5,7-8H,1H3/b3-2+. The van der Waals surface area contributed by atoms with E-state index in [2.05, 4.69) is 0 Å². The fourth-order valence-corrected chi connectivity index (χ4v) is 1.83. The van der Waals surface area contributed by atoms with E-state index in [0.29, 0.717) is 5.02 Å². The molecule has 0 saturated carbocycles. The molecular weight excluding hydrogens is 208 g/mol. The van der Waals surface area contributed by atoms with Crippen LogP contribution in [0.1, 0.15) is 5.56 Å². The van der Waals surface area contributed by atoms with Crippen molar-refractivity contribution in [2.45, 2.75) is 0 Å². The molecule has 0 bridgehead atoms. The van der Waals surface area contributed by atoms with Crippen LogP contribution in [-0.2, 0) is 7.05 Å². The highest BCUT2D eigenvalue weighted by Gasteiger charge is 2.04. The number of benzene rings is 1. The molecule has 0 radical (unpaired) electrons. The Morgan fingerprint density at radius 3 is 3.00 bits per heavy atom. The highest BCUT2D eigenvalue weighted by molar-refractivity contribution is 6.31. The Balaban J connectivity index is 2.71. The number of hydrogen-bond acceptors (Lipinski definition) is 1. The highest BCUT2D eigenvalue weighted by atomic mass is 35.5. The number of rotatable bonds is 1. The first kappa shape index (κ1) is 9.82. The summed E-state index contributed by atoms with van der Waals surface area (Å²) in [6.07, 6.45) is 5.24. The van der Waals surface area contributed by atoms with Gasteiger partial charge in [0.2, 0.25) is 0 Å². The van der Waals surface area contributed by atoms with Crippen molar-refractivity contribution in [3.05, 3.63) is 41.1 Å². The maximum absolute atomic E-state index is 8.49. The minimum atomic E-state index is 0.709. The van der Waals surface area contributed by atoms with E-state index in [-0.39, 0.29) is 0 Å². The minimum Gasteiger partial charge on any atom is -0.350 e. The molecule has 2 nitrogen and oxygen atoms in total. The van der Waals surface area contributed by atoms with Gasteiger partial charge in [-0.15, -0.1) is 0 Å². The molecule has 0 amide bonds. The second kappa shape index (κ2) is 3.80. The molecular formula is C12H9ClN2. The number of fused-ring (bicyclic) bond motifs is 1. The van der Waals surface area contributed by atoms with Crippen LogP contribution in [0.15, 0.2) is 30.5 Å². The zero-order chi connectivity index (χ0) is 10.8. The summed E-state index contributed by atoms with van der Waals surface area (Å²) in [4.78, 5) is 0. The third-order valence-corrected chi connectivity index (χ3v) is 2.55. The van der Waals surface area contributed by atoms with Gasteiger partial charge in [-0.1, -0.05) is 11.6 Å². The molecule has 74 valence electrons. The molecule has 1 aromatic carbocycles. The fourth-order valence-electron chi connectivity index (χ4n) is 1.65. The Morgan fingerprint density at radius 1 is 1.47 bits per heavy atom. The predicted molar refractivity (Wildman–Crippen MR) is 62.6 cm³/mol. The molecule has 1 aromatic heterocycles. The van der Waals surface area contributed by atoms with Crippen molar-refractivity contribution in [3.63, 3.8) is 0 Å². The first-order valence-corrected chi connectivity index (χ1v) is 4.91. The predicted octanol–water partition coefficient (Wildman–Crippen LogP) is 3.37. The van der Waals surface area contributed by atoms with Crippen molar-refractivity contribution < 1.29 is 0 Å². The van der Waals surface area contributed by atoms with E-state index in [1.54, 1.807) is 6.08 Å². The monoisotopic (exact) mass is 216 g/mol. The van der Waals surface area contributed by atoms with E-state index >= 15 is 0 Å². The first-order valence-electron chi connectivity index (χ1n) is 4.53. The van der Waals surface area contributed by atoms with E-state index in [9.17, 15) is 0 Å². The summed E-state index contributed by atoms with van der Waals surface area (Å²) >= 11 is 5.94. The molecule has 0 aliphatic rings. The number of halogens is 1. The van der Waals surface area contributed by atoms with Gasteiger partial charge in [-0.2, -0.15) is 5.26 Å². The average Bonchev–Trinajstić information content (AvgIpc) is 2.52. The minimum absolute atomic E-state index is 0.709. The second-order valence-electron chi connectivity index (χ2n) is 3.32. The van der Waals surface area contributed by atoms with Gasteiger partial charge >= 0.3 is 0 Å². The third kappa shape index (κ3) is 1.74. The molecule has 2 aromatic rings. The Hall–Kier alpha value is -1.72. The molecule has 0 unspecified atom stereocenters. The van der Waals surface area contributed by atoms with E-state index < -0.39 is 0 Å².